The third-order valence-electron chi connectivity index (χ3n) is 3.89. The van der Waals surface area contributed by atoms with Crippen molar-refractivity contribution in [3.8, 4) is 17.0 Å². The highest BCUT2D eigenvalue weighted by molar-refractivity contribution is 7.92. The van der Waals surface area contributed by atoms with E-state index in [1.165, 1.54) is 24.3 Å². The largest absolute Gasteiger partial charge is 0.508 e. The van der Waals surface area contributed by atoms with E-state index in [9.17, 15) is 18.3 Å². The Hall–Kier alpha value is -3.26. The topological polar surface area (TPSA) is 125 Å². The minimum absolute atomic E-state index is 0.0191. The molecule has 0 saturated heterocycles. The molecule has 134 valence electrons. The number of hydrogen-bond acceptors (Lipinski definition) is 4. The number of aryl methyl sites for hydroxylation is 1. The maximum absolute atomic E-state index is 12.6. The van der Waals surface area contributed by atoms with E-state index in [4.69, 9.17) is 5.73 Å². The highest BCUT2D eigenvalue weighted by Gasteiger charge is 2.18. The van der Waals surface area contributed by atoms with Crippen LogP contribution in [0.5, 0.6) is 5.75 Å². The number of hydrogen-bond donors (Lipinski definition) is 4. The van der Waals surface area contributed by atoms with E-state index in [0.29, 0.717) is 28.2 Å². The zero-order chi connectivity index (χ0) is 18.9. The number of nitrogens with two attached hydrogens (primary N) is 1. The standard InChI is InChI=1S/C18H17N3O4S/c1-11-15(18(19)23)10-17(20-11)14-4-2-3-5-16(14)21-26(24,25)13-8-6-12(22)7-9-13/h2-10,20-22H,1H3,(H2,19,23). The molecule has 0 spiro atoms. The van der Waals surface area contributed by atoms with E-state index in [0.717, 1.165) is 0 Å². The second-order valence-corrected chi connectivity index (χ2v) is 7.41. The Morgan fingerprint density at radius 1 is 1.12 bits per heavy atom. The van der Waals surface area contributed by atoms with E-state index in [1.54, 1.807) is 37.3 Å². The number of aromatic nitrogens is 1. The van der Waals surface area contributed by atoms with Crippen molar-refractivity contribution in [3.05, 3.63) is 65.9 Å². The van der Waals surface area contributed by atoms with Crippen molar-refractivity contribution in [2.75, 3.05) is 4.72 Å². The number of carbonyl (C=O) groups is 1. The van der Waals surface area contributed by atoms with Crippen molar-refractivity contribution in [2.45, 2.75) is 11.8 Å². The van der Waals surface area contributed by atoms with E-state index in [1.807, 2.05) is 0 Å². The zero-order valence-electron chi connectivity index (χ0n) is 13.9. The fraction of sp³-hybridized carbons (Fsp3) is 0.0556. The van der Waals surface area contributed by atoms with Gasteiger partial charge in [0.15, 0.2) is 0 Å². The van der Waals surface area contributed by atoms with E-state index >= 15 is 0 Å². The molecule has 2 aromatic carbocycles. The number of phenolic OH excluding ortho intramolecular Hbond substituents is 1. The Kier molecular flexibility index (Phi) is 4.43. The highest BCUT2D eigenvalue weighted by atomic mass is 32.2. The summed E-state index contributed by atoms with van der Waals surface area (Å²) in [5.74, 6) is -0.586. The highest BCUT2D eigenvalue weighted by Crippen LogP contribution is 2.30. The predicted molar refractivity (Wildman–Crippen MR) is 98.4 cm³/mol. The monoisotopic (exact) mass is 371 g/mol. The Morgan fingerprint density at radius 2 is 1.77 bits per heavy atom. The van der Waals surface area contributed by atoms with E-state index in [2.05, 4.69) is 9.71 Å². The van der Waals surface area contributed by atoms with Crippen LogP contribution >= 0.6 is 0 Å². The summed E-state index contributed by atoms with van der Waals surface area (Å²) >= 11 is 0. The molecule has 8 heteroatoms. The molecule has 0 aliphatic rings. The predicted octanol–water partition coefficient (Wildman–Crippen LogP) is 2.60. The number of carbonyl (C=O) groups excluding carboxylic acids is 1. The van der Waals surface area contributed by atoms with Crippen LogP contribution in [0.4, 0.5) is 5.69 Å². The van der Waals surface area contributed by atoms with Gasteiger partial charge in [0.05, 0.1) is 16.1 Å². The summed E-state index contributed by atoms with van der Waals surface area (Å²) in [5.41, 5.74) is 7.78. The molecule has 0 aliphatic carbocycles. The van der Waals surface area contributed by atoms with Crippen LogP contribution < -0.4 is 10.5 Å². The van der Waals surface area contributed by atoms with Crippen LogP contribution in [-0.4, -0.2) is 24.4 Å². The van der Waals surface area contributed by atoms with Crippen LogP contribution in [0.1, 0.15) is 16.1 Å². The summed E-state index contributed by atoms with van der Waals surface area (Å²) < 4.78 is 27.7. The molecule has 3 rings (SSSR count). The molecule has 0 bridgehead atoms. The van der Waals surface area contributed by atoms with E-state index < -0.39 is 15.9 Å². The van der Waals surface area contributed by atoms with Gasteiger partial charge in [-0.3, -0.25) is 9.52 Å². The first-order valence-corrected chi connectivity index (χ1v) is 9.17. The summed E-state index contributed by atoms with van der Waals surface area (Å²) in [4.78, 5) is 14.5. The van der Waals surface area contributed by atoms with Crippen molar-refractivity contribution in [3.63, 3.8) is 0 Å². The van der Waals surface area contributed by atoms with Crippen molar-refractivity contribution < 1.29 is 18.3 Å². The first-order valence-electron chi connectivity index (χ1n) is 7.68. The summed E-state index contributed by atoms with van der Waals surface area (Å²) in [6, 6.07) is 13.6. The molecule has 5 N–H and O–H groups in total. The summed E-state index contributed by atoms with van der Waals surface area (Å²) in [7, 11) is -3.85. The number of anilines is 1. The van der Waals surface area contributed by atoms with Gasteiger partial charge in [0, 0.05) is 17.0 Å². The number of aromatic amines is 1. The van der Waals surface area contributed by atoms with Gasteiger partial charge in [-0.15, -0.1) is 0 Å². The van der Waals surface area contributed by atoms with Crippen LogP contribution in [0, 0.1) is 6.92 Å². The molecule has 3 aromatic rings. The lowest BCUT2D eigenvalue weighted by molar-refractivity contribution is 0.1000. The number of para-hydroxylation sites is 1. The Balaban J connectivity index is 2.01. The first-order chi connectivity index (χ1) is 12.3. The van der Waals surface area contributed by atoms with Crippen LogP contribution in [0.2, 0.25) is 0 Å². The van der Waals surface area contributed by atoms with Crippen LogP contribution in [0.3, 0.4) is 0 Å². The molecule has 26 heavy (non-hydrogen) atoms. The molecule has 0 radical (unpaired) electrons. The lowest BCUT2D eigenvalue weighted by Gasteiger charge is -2.12. The molecule has 7 nitrogen and oxygen atoms in total. The maximum atomic E-state index is 12.6. The van der Waals surface area contributed by atoms with Gasteiger partial charge >= 0.3 is 0 Å². The molecule has 1 heterocycles. The number of primary amides is 1. The van der Waals surface area contributed by atoms with Gasteiger partial charge in [-0.1, -0.05) is 18.2 Å². The van der Waals surface area contributed by atoms with Gasteiger partial charge in [-0.2, -0.15) is 0 Å². The average molecular weight is 371 g/mol. The zero-order valence-corrected chi connectivity index (χ0v) is 14.7. The SMILES string of the molecule is Cc1[nH]c(-c2ccccc2NS(=O)(=O)c2ccc(O)cc2)cc1C(N)=O. The fourth-order valence-corrected chi connectivity index (χ4v) is 3.67. The van der Waals surface area contributed by atoms with Crippen molar-refractivity contribution in [2.24, 2.45) is 5.73 Å². The van der Waals surface area contributed by atoms with Gasteiger partial charge in [0.2, 0.25) is 0 Å². The minimum Gasteiger partial charge on any atom is -0.508 e. The van der Waals surface area contributed by atoms with Gasteiger partial charge in [-0.25, -0.2) is 8.42 Å². The van der Waals surface area contributed by atoms with Gasteiger partial charge in [0.25, 0.3) is 15.9 Å². The van der Waals surface area contributed by atoms with Crippen molar-refractivity contribution >= 4 is 21.6 Å². The number of amides is 1. The maximum Gasteiger partial charge on any atom is 0.261 e. The molecular weight excluding hydrogens is 354 g/mol. The molecule has 0 unspecified atom stereocenters. The minimum atomic E-state index is -3.85. The van der Waals surface area contributed by atoms with Crippen LogP contribution in [0.15, 0.2) is 59.5 Å². The number of H-pyrrole nitrogens is 1. The van der Waals surface area contributed by atoms with Crippen LogP contribution in [0.25, 0.3) is 11.3 Å². The third-order valence-corrected chi connectivity index (χ3v) is 5.27. The molecular formula is C18H17N3O4S. The van der Waals surface area contributed by atoms with Gasteiger partial charge in [-0.05, 0) is 43.3 Å². The van der Waals surface area contributed by atoms with E-state index in [-0.39, 0.29) is 10.6 Å². The molecule has 1 amide bonds. The smallest absolute Gasteiger partial charge is 0.261 e. The average Bonchev–Trinajstić information content (AvgIpc) is 2.97. The molecule has 0 fully saturated rings. The summed E-state index contributed by atoms with van der Waals surface area (Å²) in [6.07, 6.45) is 0. The number of phenols is 1. The second kappa shape index (κ2) is 6.57. The number of rotatable bonds is 5. The fourth-order valence-electron chi connectivity index (χ4n) is 2.59. The summed E-state index contributed by atoms with van der Waals surface area (Å²) in [6.45, 7) is 1.72. The number of benzene rings is 2. The van der Waals surface area contributed by atoms with Gasteiger partial charge < -0.3 is 15.8 Å². The number of nitrogens with one attached hydrogen (secondary N) is 2. The molecule has 1 aromatic heterocycles. The second-order valence-electron chi connectivity index (χ2n) is 5.73. The third kappa shape index (κ3) is 3.40. The number of aromatic hydroxyl groups is 1. The number of sulfonamides is 1. The Labute approximate surface area is 150 Å². The van der Waals surface area contributed by atoms with Crippen molar-refractivity contribution in [1.82, 2.24) is 4.98 Å². The van der Waals surface area contributed by atoms with Crippen molar-refractivity contribution in [1.29, 1.82) is 0 Å². The Bertz CT molecular complexity index is 1070. The Morgan fingerprint density at radius 3 is 2.38 bits per heavy atom. The first kappa shape index (κ1) is 17.6. The van der Waals surface area contributed by atoms with Crippen LogP contribution in [-0.2, 0) is 10.0 Å². The lowest BCUT2D eigenvalue weighted by atomic mass is 10.1. The normalized spacial score (nSPS) is 11.3. The lowest BCUT2D eigenvalue weighted by Crippen LogP contribution is -2.13. The molecule has 0 aliphatic heterocycles. The van der Waals surface area contributed by atoms with Gasteiger partial charge in [0.1, 0.15) is 5.75 Å². The molecule has 0 saturated carbocycles. The quantitative estimate of drug-likeness (QED) is 0.550. The molecule has 0 atom stereocenters. The summed E-state index contributed by atoms with van der Waals surface area (Å²) in [5, 5.41) is 9.32.